The van der Waals surface area contributed by atoms with Crippen LogP contribution in [0.25, 0.3) is 0 Å². The average Bonchev–Trinajstić information content (AvgIpc) is 2.16. The molecule has 0 fully saturated rings. The van der Waals surface area contributed by atoms with E-state index in [-0.39, 0.29) is 11.5 Å². The van der Waals surface area contributed by atoms with E-state index in [2.05, 4.69) is 10.2 Å². The summed E-state index contributed by atoms with van der Waals surface area (Å²) in [7, 11) is 0. The molecule has 0 unspecified atom stereocenters. The van der Waals surface area contributed by atoms with Gasteiger partial charge in [0.05, 0.1) is 11.8 Å². The van der Waals surface area contributed by atoms with Crippen molar-refractivity contribution in [3.8, 4) is 0 Å². The molecule has 7 heteroatoms. The summed E-state index contributed by atoms with van der Waals surface area (Å²) in [4.78, 5) is 10.7. The molecular formula is C9H9IN4O2. The molecular weight excluding hydrogens is 323 g/mol. The molecule has 0 heterocycles. The third kappa shape index (κ3) is 3.50. The Morgan fingerprint density at radius 1 is 1.44 bits per heavy atom. The minimum Gasteiger partial charge on any atom is -0.478 e. The third-order valence-corrected chi connectivity index (χ3v) is 2.50. The van der Waals surface area contributed by atoms with E-state index in [0.717, 1.165) is 5.56 Å². The van der Waals surface area contributed by atoms with Gasteiger partial charge in [0.2, 0.25) is 5.96 Å². The first-order chi connectivity index (χ1) is 7.50. The predicted molar refractivity (Wildman–Crippen MR) is 69.5 cm³/mol. The number of benzene rings is 1. The zero-order valence-corrected chi connectivity index (χ0v) is 10.2. The maximum absolute atomic E-state index is 10.7. The Balaban J connectivity index is 2.94. The summed E-state index contributed by atoms with van der Waals surface area (Å²) >= 11 is 1.94. The number of hydrogen-bond acceptors (Lipinski definition) is 3. The number of aromatic carboxylic acids is 1. The summed E-state index contributed by atoms with van der Waals surface area (Å²) in [6.45, 7) is 0. The van der Waals surface area contributed by atoms with Gasteiger partial charge in [-0.15, -0.1) is 5.10 Å². The fraction of sp³-hybridized carbons (Fsp3) is 0. The number of carboxylic acids is 1. The Hall–Kier alpha value is -1.64. The Kier molecular flexibility index (Phi) is 4.23. The maximum Gasteiger partial charge on any atom is 0.336 e. The first-order valence-electron chi connectivity index (χ1n) is 4.15. The van der Waals surface area contributed by atoms with E-state index in [4.69, 9.17) is 16.6 Å². The molecule has 0 spiro atoms. The molecule has 0 bridgehead atoms. The summed E-state index contributed by atoms with van der Waals surface area (Å²) in [5.41, 5.74) is 11.1. The molecule has 84 valence electrons. The molecule has 0 aliphatic heterocycles. The van der Waals surface area contributed by atoms with Gasteiger partial charge in [-0.3, -0.25) is 0 Å². The quantitative estimate of drug-likeness (QED) is 0.325. The van der Waals surface area contributed by atoms with E-state index in [0.29, 0.717) is 3.57 Å². The lowest BCUT2D eigenvalue weighted by atomic mass is 10.1. The molecule has 1 aromatic rings. The van der Waals surface area contributed by atoms with Crippen LogP contribution < -0.4 is 11.5 Å². The number of carbonyl (C=O) groups is 1. The van der Waals surface area contributed by atoms with Crippen molar-refractivity contribution in [3.63, 3.8) is 0 Å². The summed E-state index contributed by atoms with van der Waals surface area (Å²) in [6, 6.07) is 4.80. The second kappa shape index (κ2) is 5.45. The van der Waals surface area contributed by atoms with Gasteiger partial charge in [-0.25, -0.2) is 4.79 Å². The number of carboxylic acid groups (broad SMARTS) is 1. The van der Waals surface area contributed by atoms with Gasteiger partial charge in [0.25, 0.3) is 0 Å². The summed E-state index contributed by atoms with van der Waals surface area (Å²) in [5.74, 6) is -1.09. The first-order valence-corrected chi connectivity index (χ1v) is 5.23. The van der Waals surface area contributed by atoms with E-state index in [1.165, 1.54) is 12.3 Å². The van der Waals surface area contributed by atoms with Crippen molar-refractivity contribution in [2.24, 2.45) is 21.7 Å². The van der Waals surface area contributed by atoms with Gasteiger partial charge >= 0.3 is 5.97 Å². The summed E-state index contributed by atoms with van der Waals surface area (Å²) < 4.78 is 0.624. The monoisotopic (exact) mass is 332 g/mol. The minimum absolute atomic E-state index is 0.131. The van der Waals surface area contributed by atoms with Crippen LogP contribution in [0.5, 0.6) is 0 Å². The molecule has 1 aromatic carbocycles. The molecule has 0 atom stereocenters. The molecule has 0 radical (unpaired) electrons. The SMILES string of the molecule is NC(N)=NN=Cc1ccc(C(=O)O)c(I)c1. The molecule has 0 aromatic heterocycles. The van der Waals surface area contributed by atoms with Crippen LogP contribution >= 0.6 is 22.6 Å². The van der Waals surface area contributed by atoms with Crippen molar-refractivity contribution >= 4 is 40.7 Å². The van der Waals surface area contributed by atoms with Crippen LogP contribution in [-0.4, -0.2) is 23.2 Å². The van der Waals surface area contributed by atoms with Crippen LogP contribution in [0.3, 0.4) is 0 Å². The standard InChI is InChI=1S/C9H9IN4O2/c10-7-3-5(4-13-14-9(11)12)1-2-6(7)8(15)16/h1-4H,(H,15,16)(H4,11,12,14). The molecule has 0 saturated carbocycles. The van der Waals surface area contributed by atoms with Crippen LogP contribution in [0, 0.1) is 3.57 Å². The van der Waals surface area contributed by atoms with Crippen LogP contribution in [-0.2, 0) is 0 Å². The lowest BCUT2D eigenvalue weighted by molar-refractivity contribution is 0.0695. The molecule has 0 aliphatic rings. The number of nitrogens with two attached hydrogens (primary N) is 2. The highest BCUT2D eigenvalue weighted by Crippen LogP contribution is 2.13. The zero-order chi connectivity index (χ0) is 12.1. The Bertz CT molecular complexity index is 467. The fourth-order valence-electron chi connectivity index (χ4n) is 0.947. The molecule has 16 heavy (non-hydrogen) atoms. The maximum atomic E-state index is 10.7. The highest BCUT2D eigenvalue weighted by atomic mass is 127. The van der Waals surface area contributed by atoms with Crippen molar-refractivity contribution in [1.82, 2.24) is 0 Å². The normalized spacial score (nSPS) is 10.3. The van der Waals surface area contributed by atoms with E-state index in [1.54, 1.807) is 12.1 Å². The molecule has 5 N–H and O–H groups in total. The Morgan fingerprint density at radius 3 is 2.62 bits per heavy atom. The molecule has 1 rings (SSSR count). The number of halogens is 1. The molecule has 0 aliphatic carbocycles. The van der Waals surface area contributed by atoms with E-state index in [9.17, 15) is 4.79 Å². The predicted octanol–water partition coefficient (Wildman–Crippen LogP) is 0.597. The molecule has 0 saturated heterocycles. The van der Waals surface area contributed by atoms with Crippen molar-refractivity contribution in [2.75, 3.05) is 0 Å². The van der Waals surface area contributed by atoms with Crippen molar-refractivity contribution in [3.05, 3.63) is 32.9 Å². The van der Waals surface area contributed by atoms with Crippen LogP contribution in [0.15, 0.2) is 28.4 Å². The number of hydrogen-bond donors (Lipinski definition) is 3. The average molecular weight is 332 g/mol. The highest BCUT2D eigenvalue weighted by Gasteiger charge is 2.07. The largest absolute Gasteiger partial charge is 0.478 e. The topological polar surface area (TPSA) is 114 Å². The van der Waals surface area contributed by atoms with Gasteiger partial charge in [-0.2, -0.15) is 5.10 Å². The van der Waals surface area contributed by atoms with Gasteiger partial charge in [0.1, 0.15) is 0 Å². The number of guanidine groups is 1. The Morgan fingerprint density at radius 2 is 2.12 bits per heavy atom. The second-order valence-corrected chi connectivity index (χ2v) is 3.98. The van der Waals surface area contributed by atoms with Crippen LogP contribution in [0.4, 0.5) is 0 Å². The smallest absolute Gasteiger partial charge is 0.336 e. The lowest BCUT2D eigenvalue weighted by Gasteiger charge is -1.99. The van der Waals surface area contributed by atoms with Crippen molar-refractivity contribution in [2.45, 2.75) is 0 Å². The molecule has 6 nitrogen and oxygen atoms in total. The number of rotatable bonds is 3. The van der Waals surface area contributed by atoms with E-state index in [1.807, 2.05) is 22.6 Å². The van der Waals surface area contributed by atoms with Gasteiger partial charge in [0.15, 0.2) is 0 Å². The number of nitrogens with zero attached hydrogens (tertiary/aromatic N) is 2. The highest BCUT2D eigenvalue weighted by molar-refractivity contribution is 14.1. The van der Waals surface area contributed by atoms with Gasteiger partial charge in [0, 0.05) is 3.57 Å². The van der Waals surface area contributed by atoms with Crippen LogP contribution in [0.2, 0.25) is 0 Å². The van der Waals surface area contributed by atoms with Gasteiger partial charge in [-0.1, -0.05) is 6.07 Å². The van der Waals surface area contributed by atoms with Gasteiger partial charge < -0.3 is 16.6 Å². The summed E-state index contributed by atoms with van der Waals surface area (Å²) in [6.07, 6.45) is 1.44. The van der Waals surface area contributed by atoms with Gasteiger partial charge in [-0.05, 0) is 40.3 Å². The van der Waals surface area contributed by atoms with Crippen molar-refractivity contribution < 1.29 is 9.90 Å². The fourth-order valence-corrected chi connectivity index (χ4v) is 1.72. The third-order valence-electron chi connectivity index (χ3n) is 1.60. The Labute approximate surface area is 105 Å². The minimum atomic E-state index is -0.961. The lowest BCUT2D eigenvalue weighted by Crippen LogP contribution is -2.21. The summed E-state index contributed by atoms with van der Waals surface area (Å²) in [5, 5.41) is 15.9. The molecule has 0 amide bonds. The van der Waals surface area contributed by atoms with Crippen LogP contribution in [0.1, 0.15) is 15.9 Å². The van der Waals surface area contributed by atoms with Crippen molar-refractivity contribution in [1.29, 1.82) is 0 Å². The zero-order valence-electron chi connectivity index (χ0n) is 8.09. The first kappa shape index (κ1) is 12.4. The second-order valence-electron chi connectivity index (χ2n) is 2.81. The van der Waals surface area contributed by atoms with E-state index >= 15 is 0 Å². The van der Waals surface area contributed by atoms with E-state index < -0.39 is 5.97 Å².